The molecule has 1 saturated carbocycles. The van der Waals surface area contributed by atoms with Gasteiger partial charge in [0.2, 0.25) is 0 Å². The Labute approximate surface area is 127 Å². The van der Waals surface area contributed by atoms with Crippen molar-refractivity contribution < 1.29 is 0 Å². The second kappa shape index (κ2) is 5.53. The standard InChI is InChI=1S/C15H18IN3/c16-12-8-6-11(7-9-12)15-14(17)10-19(18-15)13-4-2-1-3-5-13/h6-10,13H,1-5,17H2. The zero-order chi connectivity index (χ0) is 13.2. The first-order valence-electron chi connectivity index (χ1n) is 6.84. The number of nitrogens with two attached hydrogens (primary N) is 1. The molecule has 0 aliphatic heterocycles. The molecule has 0 atom stereocenters. The molecule has 0 bridgehead atoms. The van der Waals surface area contributed by atoms with Gasteiger partial charge in [-0.15, -0.1) is 0 Å². The molecule has 1 aromatic carbocycles. The Balaban J connectivity index is 1.90. The molecule has 1 aromatic heterocycles. The van der Waals surface area contributed by atoms with Crippen LogP contribution in [0.5, 0.6) is 0 Å². The molecular weight excluding hydrogens is 349 g/mol. The fourth-order valence-electron chi connectivity index (χ4n) is 2.77. The van der Waals surface area contributed by atoms with Gasteiger partial charge in [0.1, 0.15) is 5.69 Å². The maximum Gasteiger partial charge on any atom is 0.115 e. The van der Waals surface area contributed by atoms with E-state index in [1.807, 2.05) is 6.20 Å². The van der Waals surface area contributed by atoms with Crippen LogP contribution in [0.2, 0.25) is 0 Å². The highest BCUT2D eigenvalue weighted by Gasteiger charge is 2.18. The molecule has 4 heteroatoms. The Kier molecular flexibility index (Phi) is 3.77. The van der Waals surface area contributed by atoms with Gasteiger partial charge in [-0.05, 0) is 47.6 Å². The van der Waals surface area contributed by atoms with Crippen molar-refractivity contribution in [2.75, 3.05) is 5.73 Å². The van der Waals surface area contributed by atoms with Gasteiger partial charge in [0.15, 0.2) is 0 Å². The average molecular weight is 367 g/mol. The van der Waals surface area contributed by atoms with Crippen LogP contribution in [0, 0.1) is 3.57 Å². The zero-order valence-electron chi connectivity index (χ0n) is 10.8. The number of benzene rings is 1. The van der Waals surface area contributed by atoms with Crippen LogP contribution >= 0.6 is 22.6 Å². The largest absolute Gasteiger partial charge is 0.396 e. The van der Waals surface area contributed by atoms with Crippen LogP contribution in [0.4, 0.5) is 5.69 Å². The zero-order valence-corrected chi connectivity index (χ0v) is 13.0. The number of nitrogen functional groups attached to an aromatic ring is 1. The minimum absolute atomic E-state index is 0.536. The maximum absolute atomic E-state index is 6.13. The molecule has 0 unspecified atom stereocenters. The maximum atomic E-state index is 6.13. The van der Waals surface area contributed by atoms with Crippen molar-refractivity contribution in [2.24, 2.45) is 0 Å². The van der Waals surface area contributed by atoms with Gasteiger partial charge in [0.25, 0.3) is 0 Å². The van der Waals surface area contributed by atoms with E-state index < -0.39 is 0 Å². The van der Waals surface area contributed by atoms with E-state index in [2.05, 4.69) is 51.5 Å². The second-order valence-electron chi connectivity index (χ2n) is 5.21. The van der Waals surface area contributed by atoms with Gasteiger partial charge in [0, 0.05) is 15.3 Å². The third-order valence-electron chi connectivity index (χ3n) is 3.83. The van der Waals surface area contributed by atoms with Crippen molar-refractivity contribution >= 4 is 28.3 Å². The third-order valence-corrected chi connectivity index (χ3v) is 4.55. The summed E-state index contributed by atoms with van der Waals surface area (Å²) < 4.78 is 3.31. The summed E-state index contributed by atoms with van der Waals surface area (Å²) in [5.41, 5.74) is 8.94. The van der Waals surface area contributed by atoms with Gasteiger partial charge in [-0.2, -0.15) is 5.10 Å². The number of anilines is 1. The van der Waals surface area contributed by atoms with Gasteiger partial charge >= 0.3 is 0 Å². The summed E-state index contributed by atoms with van der Waals surface area (Å²) in [6, 6.07) is 8.90. The Bertz CT molecular complexity index is 553. The van der Waals surface area contributed by atoms with Crippen LogP contribution in [-0.2, 0) is 0 Å². The molecule has 2 N–H and O–H groups in total. The van der Waals surface area contributed by atoms with E-state index in [0.717, 1.165) is 16.9 Å². The van der Waals surface area contributed by atoms with Gasteiger partial charge in [-0.3, -0.25) is 4.68 Å². The molecule has 0 spiro atoms. The lowest BCUT2D eigenvalue weighted by molar-refractivity contribution is 0.330. The Morgan fingerprint density at radius 1 is 1.11 bits per heavy atom. The van der Waals surface area contributed by atoms with Gasteiger partial charge in [-0.1, -0.05) is 31.4 Å². The molecule has 1 heterocycles. The van der Waals surface area contributed by atoms with Crippen LogP contribution in [0.25, 0.3) is 11.3 Å². The fraction of sp³-hybridized carbons (Fsp3) is 0.400. The highest BCUT2D eigenvalue weighted by Crippen LogP contribution is 2.31. The van der Waals surface area contributed by atoms with Gasteiger partial charge in [-0.25, -0.2) is 0 Å². The highest BCUT2D eigenvalue weighted by atomic mass is 127. The molecule has 0 radical (unpaired) electrons. The van der Waals surface area contributed by atoms with Gasteiger partial charge in [0.05, 0.1) is 11.7 Å². The van der Waals surface area contributed by atoms with Crippen LogP contribution in [0.1, 0.15) is 38.1 Å². The summed E-state index contributed by atoms with van der Waals surface area (Å²) >= 11 is 2.31. The van der Waals surface area contributed by atoms with Crippen molar-refractivity contribution in [3.8, 4) is 11.3 Å². The minimum atomic E-state index is 0.536. The van der Waals surface area contributed by atoms with E-state index in [-0.39, 0.29) is 0 Å². The smallest absolute Gasteiger partial charge is 0.115 e. The van der Waals surface area contributed by atoms with Crippen molar-refractivity contribution in [1.29, 1.82) is 0 Å². The van der Waals surface area contributed by atoms with E-state index in [4.69, 9.17) is 10.8 Å². The van der Waals surface area contributed by atoms with Crippen LogP contribution < -0.4 is 5.73 Å². The molecular formula is C15H18IN3. The predicted octanol–water partition coefficient (Wildman–Crippen LogP) is 4.24. The number of rotatable bonds is 2. The van der Waals surface area contributed by atoms with Crippen LogP contribution in [0.15, 0.2) is 30.5 Å². The summed E-state index contributed by atoms with van der Waals surface area (Å²) in [4.78, 5) is 0. The average Bonchev–Trinajstić information content (AvgIpc) is 2.83. The Morgan fingerprint density at radius 3 is 2.47 bits per heavy atom. The normalized spacial score (nSPS) is 16.7. The minimum Gasteiger partial charge on any atom is -0.396 e. The number of nitrogens with zero attached hydrogens (tertiary/aromatic N) is 2. The fourth-order valence-corrected chi connectivity index (χ4v) is 3.13. The predicted molar refractivity (Wildman–Crippen MR) is 86.9 cm³/mol. The van der Waals surface area contributed by atoms with E-state index in [0.29, 0.717) is 6.04 Å². The Hall–Kier alpha value is -1.04. The lowest BCUT2D eigenvalue weighted by atomic mass is 9.96. The first kappa shape index (κ1) is 13.0. The molecule has 0 amide bonds. The summed E-state index contributed by atoms with van der Waals surface area (Å²) in [7, 11) is 0. The van der Waals surface area contributed by atoms with Crippen molar-refractivity contribution in [3.05, 3.63) is 34.0 Å². The molecule has 19 heavy (non-hydrogen) atoms. The van der Waals surface area contributed by atoms with E-state index in [1.165, 1.54) is 35.7 Å². The van der Waals surface area contributed by atoms with E-state index in [1.54, 1.807) is 0 Å². The van der Waals surface area contributed by atoms with Crippen molar-refractivity contribution in [1.82, 2.24) is 9.78 Å². The number of hydrogen-bond acceptors (Lipinski definition) is 2. The molecule has 1 fully saturated rings. The third kappa shape index (κ3) is 2.78. The Morgan fingerprint density at radius 2 is 1.79 bits per heavy atom. The summed E-state index contributed by atoms with van der Waals surface area (Å²) in [6.07, 6.45) is 8.44. The van der Waals surface area contributed by atoms with E-state index in [9.17, 15) is 0 Å². The molecule has 3 rings (SSSR count). The monoisotopic (exact) mass is 367 g/mol. The first-order valence-corrected chi connectivity index (χ1v) is 7.92. The molecule has 2 aromatic rings. The number of hydrogen-bond donors (Lipinski definition) is 1. The van der Waals surface area contributed by atoms with Crippen LogP contribution in [-0.4, -0.2) is 9.78 Å². The molecule has 1 aliphatic carbocycles. The highest BCUT2D eigenvalue weighted by molar-refractivity contribution is 14.1. The topological polar surface area (TPSA) is 43.8 Å². The summed E-state index contributed by atoms with van der Waals surface area (Å²) in [5, 5.41) is 4.72. The lowest BCUT2D eigenvalue weighted by Gasteiger charge is -2.21. The molecule has 0 saturated heterocycles. The lowest BCUT2D eigenvalue weighted by Crippen LogP contribution is -2.13. The number of halogens is 1. The molecule has 1 aliphatic rings. The van der Waals surface area contributed by atoms with Crippen molar-refractivity contribution in [2.45, 2.75) is 38.1 Å². The van der Waals surface area contributed by atoms with Crippen molar-refractivity contribution in [3.63, 3.8) is 0 Å². The SMILES string of the molecule is Nc1cn(C2CCCCC2)nc1-c1ccc(I)cc1. The summed E-state index contributed by atoms with van der Waals surface area (Å²) in [6.45, 7) is 0. The van der Waals surface area contributed by atoms with Crippen LogP contribution in [0.3, 0.4) is 0 Å². The van der Waals surface area contributed by atoms with E-state index >= 15 is 0 Å². The summed E-state index contributed by atoms with van der Waals surface area (Å²) in [5.74, 6) is 0. The second-order valence-corrected chi connectivity index (χ2v) is 6.46. The quantitative estimate of drug-likeness (QED) is 0.807. The van der Waals surface area contributed by atoms with Gasteiger partial charge < -0.3 is 5.73 Å². The number of aromatic nitrogens is 2. The first-order chi connectivity index (χ1) is 9.24. The molecule has 3 nitrogen and oxygen atoms in total. The molecule has 100 valence electrons.